The van der Waals surface area contributed by atoms with Crippen LogP contribution in [-0.2, 0) is 4.74 Å². The quantitative estimate of drug-likeness (QED) is 0.620. The van der Waals surface area contributed by atoms with E-state index in [0.29, 0.717) is 30.8 Å². The number of rotatable bonds is 1. The number of nitrogens with zero attached hydrogens (tertiary/aromatic N) is 3. The van der Waals surface area contributed by atoms with E-state index in [1.807, 2.05) is 12.1 Å². The second-order valence-corrected chi connectivity index (χ2v) is 7.13. The molecule has 4 aliphatic heterocycles. The summed E-state index contributed by atoms with van der Waals surface area (Å²) in [6.07, 6.45) is 3.62. The largest absolute Gasteiger partial charge is 0.633 e. The van der Waals surface area contributed by atoms with Crippen LogP contribution in [0, 0.1) is 11.1 Å². The van der Waals surface area contributed by atoms with E-state index in [-0.39, 0.29) is 4.65 Å². The predicted octanol–water partition coefficient (Wildman–Crippen LogP) is 2.12. The van der Waals surface area contributed by atoms with Gasteiger partial charge in [0.15, 0.2) is 5.60 Å². The molecule has 1 N–H and O–H groups in total. The van der Waals surface area contributed by atoms with Crippen LogP contribution in [0.25, 0.3) is 0 Å². The van der Waals surface area contributed by atoms with Gasteiger partial charge in [-0.3, -0.25) is 5.32 Å². The zero-order valence-electron chi connectivity index (χ0n) is 11.6. The van der Waals surface area contributed by atoms with Gasteiger partial charge in [-0.15, -0.1) is 0 Å². The van der Waals surface area contributed by atoms with Gasteiger partial charge in [0, 0.05) is 29.4 Å². The van der Waals surface area contributed by atoms with Crippen LogP contribution >= 0.6 is 15.9 Å². The van der Waals surface area contributed by atoms with Crippen molar-refractivity contribution in [2.45, 2.75) is 18.4 Å². The zero-order chi connectivity index (χ0) is 14.5. The number of halogens is 1. The Labute approximate surface area is 131 Å². The number of pyridine rings is 1. The summed E-state index contributed by atoms with van der Waals surface area (Å²) in [6.45, 7) is 2.57. The molecule has 6 nitrogen and oxygen atoms in total. The minimum Gasteiger partial charge on any atom is -0.633 e. The van der Waals surface area contributed by atoms with Crippen LogP contribution in [0.5, 0.6) is 0 Å². The lowest BCUT2D eigenvalue weighted by Gasteiger charge is -2.58. The molecule has 1 atom stereocenters. The molecule has 3 saturated heterocycles. The number of hydrogen-bond donors (Lipinski definition) is 1. The van der Waals surface area contributed by atoms with Gasteiger partial charge in [-0.2, -0.15) is 0 Å². The third-order valence-electron chi connectivity index (χ3n) is 4.82. The highest BCUT2D eigenvalue weighted by Gasteiger charge is 2.56. The van der Waals surface area contributed by atoms with E-state index in [9.17, 15) is 5.21 Å². The second kappa shape index (κ2) is 4.66. The average Bonchev–Trinajstić information content (AvgIpc) is 2.84. The maximum absolute atomic E-state index is 12.6. The first kappa shape index (κ1) is 13.5. The summed E-state index contributed by atoms with van der Waals surface area (Å²) in [6, 6.07) is 4.26. The molecule has 112 valence electrons. The number of hydrogen-bond acceptors (Lipinski definition) is 5. The monoisotopic (exact) mass is 352 g/mol. The van der Waals surface area contributed by atoms with Crippen molar-refractivity contribution >= 4 is 27.8 Å². The smallest absolute Gasteiger partial charge is 0.291 e. The minimum atomic E-state index is -0.393. The Morgan fingerprint density at radius 2 is 2.19 bits per heavy atom. The summed E-state index contributed by atoms with van der Waals surface area (Å²) in [7, 11) is 0. The fourth-order valence-corrected chi connectivity index (χ4v) is 3.96. The van der Waals surface area contributed by atoms with Crippen LogP contribution in [0.1, 0.15) is 12.8 Å². The van der Waals surface area contributed by atoms with Gasteiger partial charge in [0.1, 0.15) is 12.4 Å². The molecule has 0 unspecified atom stereocenters. The van der Waals surface area contributed by atoms with E-state index in [4.69, 9.17) is 4.74 Å². The molecule has 1 aromatic rings. The van der Waals surface area contributed by atoms with E-state index in [0.717, 1.165) is 30.4 Å². The van der Waals surface area contributed by atoms with Gasteiger partial charge in [-0.05, 0) is 28.1 Å². The summed E-state index contributed by atoms with van der Waals surface area (Å²) in [5.41, 5.74) is -0.393. The van der Waals surface area contributed by atoms with Gasteiger partial charge in [-0.25, -0.2) is 9.98 Å². The molecule has 21 heavy (non-hydrogen) atoms. The summed E-state index contributed by atoms with van der Waals surface area (Å²) in [4.78, 5) is 8.72. The van der Waals surface area contributed by atoms with Crippen LogP contribution in [0.15, 0.2) is 27.8 Å². The van der Waals surface area contributed by atoms with E-state index in [1.165, 1.54) is 0 Å². The summed E-state index contributed by atoms with van der Waals surface area (Å²) in [5, 5.41) is 15.7. The van der Waals surface area contributed by atoms with Crippen LogP contribution in [-0.4, -0.2) is 47.4 Å². The summed E-state index contributed by atoms with van der Waals surface area (Å²) >= 11 is 3.35. The molecule has 0 radical (unpaired) electrons. The van der Waals surface area contributed by atoms with Gasteiger partial charge in [0.2, 0.25) is 0 Å². The van der Waals surface area contributed by atoms with E-state index in [1.54, 1.807) is 6.20 Å². The summed E-state index contributed by atoms with van der Waals surface area (Å²) < 4.78 is 6.90. The highest BCUT2D eigenvalue weighted by molar-refractivity contribution is 9.10. The number of aromatic nitrogens is 1. The lowest BCUT2D eigenvalue weighted by Crippen LogP contribution is -2.67. The van der Waals surface area contributed by atoms with Crippen LogP contribution in [0.3, 0.4) is 0 Å². The molecule has 1 spiro atoms. The third-order valence-corrected chi connectivity index (χ3v) is 5.29. The fraction of sp³-hybridized carbons (Fsp3) is 0.571. The number of quaternary nitrogens is 1. The standard InChI is InChI=1S/C14H17BrN4O2/c15-11-1-2-12(16-7-11)18-13-17-8-14(21-13)9-19(20)5-3-10(14)4-6-19/h1-2,7,10H,3-6,8-9H2,(H,16,17,18)/t10?,14-,19?/m0/s1. The molecule has 5 heterocycles. The van der Waals surface area contributed by atoms with Crippen LogP contribution in [0.4, 0.5) is 5.82 Å². The Kier molecular flexibility index (Phi) is 2.99. The Morgan fingerprint density at radius 3 is 2.86 bits per heavy atom. The molecule has 7 heteroatoms. The number of hydroxylamine groups is 3. The van der Waals surface area contributed by atoms with Crippen molar-refractivity contribution in [3.8, 4) is 0 Å². The SMILES string of the molecule is [O-][N+]12CCC(CC1)[C@]1(CN=C(Nc3ccc(Br)cn3)O1)C2. The molecule has 5 rings (SSSR count). The number of fused-ring (bicyclic) bond motifs is 2. The van der Waals surface area contributed by atoms with Crippen molar-refractivity contribution in [2.24, 2.45) is 10.9 Å². The lowest BCUT2D eigenvalue weighted by atomic mass is 9.75. The predicted molar refractivity (Wildman–Crippen MR) is 82.6 cm³/mol. The topological polar surface area (TPSA) is 69.6 Å². The number of aliphatic imine (C=N–C) groups is 1. The average molecular weight is 353 g/mol. The highest BCUT2D eigenvalue weighted by atomic mass is 79.9. The van der Waals surface area contributed by atoms with Crippen molar-refractivity contribution in [3.05, 3.63) is 28.0 Å². The van der Waals surface area contributed by atoms with Crippen molar-refractivity contribution in [2.75, 3.05) is 31.5 Å². The van der Waals surface area contributed by atoms with Crippen molar-refractivity contribution in [3.63, 3.8) is 0 Å². The number of amidine groups is 1. The first-order valence-electron chi connectivity index (χ1n) is 7.26. The Morgan fingerprint density at radius 1 is 1.38 bits per heavy atom. The molecule has 0 saturated carbocycles. The molecule has 3 fully saturated rings. The van der Waals surface area contributed by atoms with E-state index >= 15 is 0 Å². The van der Waals surface area contributed by atoms with Crippen molar-refractivity contribution in [1.82, 2.24) is 4.98 Å². The maximum atomic E-state index is 12.6. The Balaban J connectivity index is 1.48. The normalized spacial score (nSPS) is 37.4. The van der Waals surface area contributed by atoms with E-state index < -0.39 is 5.60 Å². The summed E-state index contributed by atoms with van der Waals surface area (Å²) in [5.74, 6) is 1.15. The van der Waals surface area contributed by atoms with Gasteiger partial charge < -0.3 is 14.6 Å². The molecule has 4 aliphatic rings. The Bertz CT molecular complexity index is 583. The van der Waals surface area contributed by atoms with Gasteiger partial charge in [0.05, 0.1) is 19.6 Å². The number of anilines is 1. The molecule has 1 aromatic heterocycles. The first-order chi connectivity index (χ1) is 10.1. The second-order valence-electron chi connectivity index (χ2n) is 6.21. The molecule has 2 bridgehead atoms. The number of ether oxygens (including phenoxy) is 1. The van der Waals surface area contributed by atoms with Crippen LogP contribution in [0.2, 0.25) is 0 Å². The van der Waals surface area contributed by atoms with Gasteiger partial charge in [-0.1, -0.05) is 0 Å². The molecular formula is C14H17BrN4O2. The number of piperidine rings is 3. The molecule has 0 aliphatic carbocycles. The van der Waals surface area contributed by atoms with Gasteiger partial charge in [0.25, 0.3) is 6.02 Å². The van der Waals surface area contributed by atoms with Gasteiger partial charge >= 0.3 is 0 Å². The highest BCUT2D eigenvalue weighted by Crippen LogP contribution is 2.44. The number of nitrogens with one attached hydrogen (secondary N) is 1. The Hall–Kier alpha value is -1.18. The third kappa shape index (κ3) is 2.33. The first-order valence-corrected chi connectivity index (χ1v) is 8.05. The fourth-order valence-electron chi connectivity index (χ4n) is 3.72. The maximum Gasteiger partial charge on any atom is 0.291 e. The van der Waals surface area contributed by atoms with Crippen molar-refractivity contribution in [1.29, 1.82) is 0 Å². The molecule has 0 amide bonds. The zero-order valence-corrected chi connectivity index (χ0v) is 13.2. The lowest BCUT2D eigenvalue weighted by molar-refractivity contribution is -0.905. The van der Waals surface area contributed by atoms with Crippen molar-refractivity contribution < 1.29 is 9.38 Å². The molecular weight excluding hydrogens is 336 g/mol. The van der Waals surface area contributed by atoms with Crippen LogP contribution < -0.4 is 5.32 Å². The van der Waals surface area contributed by atoms with E-state index in [2.05, 4.69) is 31.2 Å². The molecule has 0 aromatic carbocycles. The minimum absolute atomic E-state index is 0.115.